The second-order valence-electron chi connectivity index (χ2n) is 9.35. The molecule has 1 aromatic carbocycles. The average molecular weight is 499 g/mol. The van der Waals surface area contributed by atoms with E-state index < -0.39 is 35.6 Å². The number of esters is 1. The van der Waals surface area contributed by atoms with Gasteiger partial charge in [0.15, 0.2) is 0 Å². The number of likely N-dealkylation sites (tertiary alicyclic amines) is 1. The Bertz CT molecular complexity index is 1010. The molecule has 0 aromatic heterocycles. The molecule has 3 aliphatic rings. The normalized spacial score (nSPS) is 28.1. The number of carbonyl (C=O) groups is 3. The molecular formula is C27H34N2O7. The molecule has 0 radical (unpaired) electrons. The van der Waals surface area contributed by atoms with Crippen molar-refractivity contribution >= 4 is 23.5 Å². The summed E-state index contributed by atoms with van der Waals surface area (Å²) in [5.41, 5.74) is -0.495. The van der Waals surface area contributed by atoms with Crippen molar-refractivity contribution < 1.29 is 33.7 Å². The molecule has 0 aliphatic carbocycles. The van der Waals surface area contributed by atoms with E-state index in [1.165, 1.54) is 4.90 Å². The lowest BCUT2D eigenvalue weighted by Gasteiger charge is -2.36. The molecule has 2 amide bonds. The first-order valence-corrected chi connectivity index (χ1v) is 12.4. The van der Waals surface area contributed by atoms with Gasteiger partial charge in [0.1, 0.15) is 17.4 Å². The monoisotopic (exact) mass is 498 g/mol. The van der Waals surface area contributed by atoms with Crippen LogP contribution in [0.1, 0.15) is 25.7 Å². The number of hydrogen-bond donors (Lipinski definition) is 1. The predicted molar refractivity (Wildman–Crippen MR) is 132 cm³/mol. The minimum Gasteiger partial charge on any atom is -0.497 e. The van der Waals surface area contributed by atoms with Gasteiger partial charge in [-0.15, -0.1) is 13.2 Å². The highest BCUT2D eigenvalue weighted by Crippen LogP contribution is 2.58. The van der Waals surface area contributed by atoms with E-state index in [-0.39, 0.29) is 38.1 Å². The number of aliphatic hydroxyl groups is 1. The van der Waals surface area contributed by atoms with Crippen LogP contribution in [-0.2, 0) is 23.9 Å². The number of benzene rings is 1. The molecule has 9 heteroatoms. The van der Waals surface area contributed by atoms with Crippen LogP contribution in [-0.4, -0.2) is 79.0 Å². The van der Waals surface area contributed by atoms with Crippen molar-refractivity contribution in [3.05, 3.63) is 49.6 Å². The van der Waals surface area contributed by atoms with E-state index in [0.29, 0.717) is 37.1 Å². The van der Waals surface area contributed by atoms with Gasteiger partial charge in [0, 0.05) is 25.4 Å². The van der Waals surface area contributed by atoms with Gasteiger partial charge in [-0.25, -0.2) is 0 Å². The molecule has 0 saturated carbocycles. The Kier molecular flexibility index (Phi) is 7.80. The number of nitrogens with zero attached hydrogens (tertiary/aromatic N) is 2. The summed E-state index contributed by atoms with van der Waals surface area (Å²) >= 11 is 0. The van der Waals surface area contributed by atoms with Crippen LogP contribution in [0, 0.1) is 11.8 Å². The van der Waals surface area contributed by atoms with E-state index in [1.54, 1.807) is 48.4 Å². The summed E-state index contributed by atoms with van der Waals surface area (Å²) < 4.78 is 17.1. The summed E-state index contributed by atoms with van der Waals surface area (Å²) in [7, 11) is 1.57. The van der Waals surface area contributed by atoms with E-state index >= 15 is 0 Å². The number of aliphatic hydroxyl groups excluding tert-OH is 1. The first-order valence-electron chi connectivity index (χ1n) is 12.4. The Morgan fingerprint density at radius 1 is 1.28 bits per heavy atom. The first-order chi connectivity index (χ1) is 17.4. The van der Waals surface area contributed by atoms with Crippen LogP contribution in [0.3, 0.4) is 0 Å². The summed E-state index contributed by atoms with van der Waals surface area (Å²) in [5, 5.41) is 9.48. The fourth-order valence-corrected chi connectivity index (χ4v) is 5.88. The third-order valence-corrected chi connectivity index (χ3v) is 7.39. The van der Waals surface area contributed by atoms with Crippen molar-refractivity contribution in [2.75, 3.05) is 38.3 Å². The number of hydrogen-bond acceptors (Lipinski definition) is 7. The lowest BCUT2D eigenvalue weighted by atomic mass is 9.70. The summed E-state index contributed by atoms with van der Waals surface area (Å²) in [4.78, 5) is 44.1. The number of methoxy groups -OCH3 is 1. The molecule has 3 saturated heterocycles. The van der Waals surface area contributed by atoms with Gasteiger partial charge in [0.25, 0.3) is 5.91 Å². The van der Waals surface area contributed by atoms with Crippen molar-refractivity contribution in [3.8, 4) is 5.75 Å². The molecule has 4 rings (SSSR count). The van der Waals surface area contributed by atoms with Gasteiger partial charge in [0.05, 0.1) is 31.7 Å². The number of anilines is 1. The molecule has 2 unspecified atom stereocenters. The Hall–Kier alpha value is -3.17. The predicted octanol–water partition coefficient (Wildman–Crippen LogP) is 2.09. The largest absolute Gasteiger partial charge is 0.497 e. The van der Waals surface area contributed by atoms with Crippen LogP contribution in [0.4, 0.5) is 5.69 Å². The van der Waals surface area contributed by atoms with E-state index in [1.807, 2.05) is 0 Å². The van der Waals surface area contributed by atoms with Crippen molar-refractivity contribution in [2.45, 2.75) is 43.4 Å². The van der Waals surface area contributed by atoms with E-state index in [0.717, 1.165) is 0 Å². The minimum absolute atomic E-state index is 0.131. The minimum atomic E-state index is -1.12. The van der Waals surface area contributed by atoms with E-state index in [4.69, 9.17) is 14.2 Å². The van der Waals surface area contributed by atoms with Crippen LogP contribution in [0.2, 0.25) is 0 Å². The third-order valence-electron chi connectivity index (χ3n) is 7.39. The molecule has 1 N–H and O–H groups in total. The zero-order chi connectivity index (χ0) is 25.9. The Balaban J connectivity index is 1.70. The second-order valence-corrected chi connectivity index (χ2v) is 9.35. The highest BCUT2D eigenvalue weighted by atomic mass is 16.6. The fraction of sp³-hybridized carbons (Fsp3) is 0.519. The number of amides is 2. The van der Waals surface area contributed by atoms with E-state index in [9.17, 15) is 19.5 Å². The van der Waals surface area contributed by atoms with Crippen molar-refractivity contribution in [3.63, 3.8) is 0 Å². The van der Waals surface area contributed by atoms with Gasteiger partial charge < -0.3 is 29.1 Å². The summed E-state index contributed by atoms with van der Waals surface area (Å²) in [5.74, 6) is -2.01. The third kappa shape index (κ3) is 4.30. The topological polar surface area (TPSA) is 106 Å². The highest BCUT2D eigenvalue weighted by Gasteiger charge is 2.75. The number of carbonyl (C=O) groups excluding carboxylic acids is 3. The second kappa shape index (κ2) is 10.8. The van der Waals surface area contributed by atoms with Crippen molar-refractivity contribution in [2.24, 2.45) is 11.8 Å². The molecule has 5 atom stereocenters. The number of ether oxygens (including phenoxy) is 3. The average Bonchev–Trinajstić information content (AvgIpc) is 3.53. The Morgan fingerprint density at radius 2 is 2.03 bits per heavy atom. The first kappa shape index (κ1) is 25.9. The molecule has 36 heavy (non-hydrogen) atoms. The van der Waals surface area contributed by atoms with Gasteiger partial charge in [-0.1, -0.05) is 12.2 Å². The molecule has 3 heterocycles. The van der Waals surface area contributed by atoms with Gasteiger partial charge in [-0.2, -0.15) is 0 Å². The molecule has 9 nitrogen and oxygen atoms in total. The molecular weight excluding hydrogens is 464 g/mol. The summed E-state index contributed by atoms with van der Waals surface area (Å²) in [6.45, 7) is 7.90. The van der Waals surface area contributed by atoms with Crippen LogP contribution < -0.4 is 9.64 Å². The van der Waals surface area contributed by atoms with Gasteiger partial charge in [-0.05, 0) is 49.9 Å². The quantitative estimate of drug-likeness (QED) is 0.267. The van der Waals surface area contributed by atoms with Crippen molar-refractivity contribution in [1.82, 2.24) is 4.90 Å². The SMILES string of the molecule is C=CCCOC(=O)[C@@H]1[C@H]2C(=O)N(CCCO)C(C(=O)N(CC=C)c3ccc(OC)cc3)C23CC[C@H]1O3. The summed E-state index contributed by atoms with van der Waals surface area (Å²) in [6.07, 6.45) is 4.67. The zero-order valence-electron chi connectivity index (χ0n) is 20.6. The molecule has 3 fully saturated rings. The van der Waals surface area contributed by atoms with E-state index in [2.05, 4.69) is 13.2 Å². The molecule has 3 aliphatic heterocycles. The maximum Gasteiger partial charge on any atom is 0.312 e. The zero-order valence-corrected chi connectivity index (χ0v) is 20.6. The lowest BCUT2D eigenvalue weighted by molar-refractivity contribution is -0.155. The maximum absolute atomic E-state index is 14.2. The molecule has 194 valence electrons. The van der Waals surface area contributed by atoms with Gasteiger partial charge in [-0.3, -0.25) is 14.4 Å². The van der Waals surface area contributed by atoms with Gasteiger partial charge in [0.2, 0.25) is 5.91 Å². The highest BCUT2D eigenvalue weighted by molar-refractivity contribution is 6.04. The standard InChI is InChI=1S/C27H34N2O7/c1-4-6-17-35-26(33)21-20-12-13-27(36-20)22(21)24(31)29(15-7-16-30)23(27)25(32)28(14-5-2)18-8-10-19(34-3)11-9-18/h4-5,8-11,20-23,30H,1-2,6-7,12-17H2,3H3/t20-,21+,22+,23?,27?/m1/s1. The number of fused-ring (bicyclic) bond motifs is 1. The van der Waals surface area contributed by atoms with Gasteiger partial charge >= 0.3 is 5.97 Å². The maximum atomic E-state index is 14.2. The Morgan fingerprint density at radius 3 is 2.67 bits per heavy atom. The lowest BCUT2D eigenvalue weighted by Crippen LogP contribution is -2.56. The van der Waals surface area contributed by atoms with Crippen molar-refractivity contribution in [1.29, 1.82) is 0 Å². The van der Waals surface area contributed by atoms with Crippen LogP contribution in [0.25, 0.3) is 0 Å². The van der Waals surface area contributed by atoms with Crippen LogP contribution >= 0.6 is 0 Å². The number of rotatable bonds is 12. The fourth-order valence-electron chi connectivity index (χ4n) is 5.88. The summed E-state index contributed by atoms with van der Waals surface area (Å²) in [6, 6.07) is 6.14. The Labute approximate surface area is 211 Å². The molecule has 1 spiro atoms. The molecule has 1 aromatic rings. The molecule has 2 bridgehead atoms. The van der Waals surface area contributed by atoms with Crippen LogP contribution in [0.15, 0.2) is 49.6 Å². The smallest absolute Gasteiger partial charge is 0.312 e. The van der Waals surface area contributed by atoms with Crippen LogP contribution in [0.5, 0.6) is 5.75 Å².